The number of benzene rings is 1. The van der Waals surface area contributed by atoms with E-state index < -0.39 is 0 Å². The molecule has 2 heterocycles. The summed E-state index contributed by atoms with van der Waals surface area (Å²) in [6.45, 7) is 8.53. The number of fused-ring (bicyclic) bond motifs is 1. The van der Waals surface area contributed by atoms with Crippen LogP contribution in [-0.2, 0) is 5.75 Å². The minimum atomic E-state index is 0.578. The number of thioether (sulfide) groups is 1. The van der Waals surface area contributed by atoms with Gasteiger partial charge in [0, 0.05) is 28.2 Å². The summed E-state index contributed by atoms with van der Waals surface area (Å²) < 4.78 is 2.06. The third-order valence-electron chi connectivity index (χ3n) is 3.74. The summed E-state index contributed by atoms with van der Waals surface area (Å²) in [4.78, 5) is 10.4. The first-order chi connectivity index (χ1) is 10.5. The van der Waals surface area contributed by atoms with Crippen LogP contribution in [0.3, 0.4) is 0 Å². The highest BCUT2D eigenvalue weighted by Gasteiger charge is 2.07. The van der Waals surface area contributed by atoms with E-state index in [1.54, 1.807) is 0 Å². The normalized spacial score (nSPS) is 11.5. The van der Waals surface area contributed by atoms with E-state index in [4.69, 9.17) is 0 Å². The highest BCUT2D eigenvalue weighted by Crippen LogP contribution is 2.25. The Morgan fingerprint density at radius 3 is 2.50 bits per heavy atom. The van der Waals surface area contributed by atoms with Crippen LogP contribution >= 0.6 is 11.8 Å². The summed E-state index contributed by atoms with van der Waals surface area (Å²) in [6, 6.07) is 10.9. The van der Waals surface area contributed by atoms with E-state index >= 15 is 0 Å². The Morgan fingerprint density at radius 2 is 1.82 bits per heavy atom. The monoisotopic (exact) mass is 311 g/mol. The van der Waals surface area contributed by atoms with Crippen molar-refractivity contribution in [3.63, 3.8) is 0 Å². The van der Waals surface area contributed by atoms with Crippen LogP contribution in [-0.4, -0.2) is 14.4 Å². The van der Waals surface area contributed by atoms with Crippen molar-refractivity contribution >= 4 is 17.5 Å². The fourth-order valence-corrected chi connectivity index (χ4v) is 3.28. The topological polar surface area (TPSA) is 30.2 Å². The molecule has 0 amide bonds. The van der Waals surface area contributed by atoms with Gasteiger partial charge in [0.05, 0.1) is 5.69 Å². The molecule has 0 spiro atoms. The molecule has 0 aliphatic rings. The molecule has 0 bridgehead atoms. The molecule has 0 fully saturated rings. The van der Waals surface area contributed by atoms with Crippen LogP contribution in [0.5, 0.6) is 0 Å². The highest BCUT2D eigenvalue weighted by atomic mass is 32.2. The van der Waals surface area contributed by atoms with Crippen molar-refractivity contribution in [2.45, 2.75) is 44.3 Å². The van der Waals surface area contributed by atoms with Gasteiger partial charge in [0.1, 0.15) is 0 Å². The van der Waals surface area contributed by atoms with E-state index in [1.807, 2.05) is 18.7 Å². The Balaban J connectivity index is 1.75. The third-order valence-corrected chi connectivity index (χ3v) is 4.79. The Kier molecular flexibility index (Phi) is 4.21. The molecule has 0 atom stereocenters. The van der Waals surface area contributed by atoms with E-state index in [9.17, 15) is 0 Å². The zero-order valence-corrected chi connectivity index (χ0v) is 14.3. The van der Waals surface area contributed by atoms with E-state index in [0.29, 0.717) is 5.92 Å². The maximum atomic E-state index is 4.63. The summed E-state index contributed by atoms with van der Waals surface area (Å²) in [6.07, 6.45) is 2.09. The second-order valence-corrected chi connectivity index (χ2v) is 7.00. The lowest BCUT2D eigenvalue weighted by Gasteiger charge is -2.06. The minimum Gasteiger partial charge on any atom is -0.288 e. The summed E-state index contributed by atoms with van der Waals surface area (Å²) in [5, 5.41) is 0. The number of hydrogen-bond acceptors (Lipinski definition) is 3. The average molecular weight is 311 g/mol. The smallest absolute Gasteiger partial charge is 0.234 e. The predicted octanol–water partition coefficient (Wildman–Crippen LogP) is 4.76. The summed E-state index contributed by atoms with van der Waals surface area (Å²) in [7, 11) is 0. The maximum absolute atomic E-state index is 4.63. The largest absolute Gasteiger partial charge is 0.288 e. The quantitative estimate of drug-likeness (QED) is 0.651. The predicted molar refractivity (Wildman–Crippen MR) is 92.6 cm³/mol. The van der Waals surface area contributed by atoms with Gasteiger partial charge >= 0.3 is 0 Å². The lowest BCUT2D eigenvalue weighted by atomic mass is 10.0. The van der Waals surface area contributed by atoms with E-state index in [0.717, 1.165) is 22.9 Å². The van der Waals surface area contributed by atoms with Crippen molar-refractivity contribution < 1.29 is 0 Å². The minimum absolute atomic E-state index is 0.578. The molecule has 3 rings (SSSR count). The molecule has 4 heteroatoms. The van der Waals surface area contributed by atoms with Gasteiger partial charge < -0.3 is 0 Å². The summed E-state index contributed by atoms with van der Waals surface area (Å²) >= 11 is 1.82. The molecule has 3 nitrogen and oxygen atoms in total. The maximum Gasteiger partial charge on any atom is 0.234 e. The Bertz CT molecular complexity index is 788. The third kappa shape index (κ3) is 3.17. The van der Waals surface area contributed by atoms with E-state index in [2.05, 4.69) is 71.7 Å². The van der Waals surface area contributed by atoms with Gasteiger partial charge in [0.25, 0.3) is 0 Å². The first-order valence-electron chi connectivity index (χ1n) is 7.58. The van der Waals surface area contributed by atoms with E-state index in [-0.39, 0.29) is 0 Å². The van der Waals surface area contributed by atoms with E-state index in [1.165, 1.54) is 16.2 Å². The van der Waals surface area contributed by atoms with Crippen molar-refractivity contribution in [1.82, 2.24) is 14.4 Å². The molecule has 0 saturated heterocycles. The molecule has 22 heavy (non-hydrogen) atoms. The molecular weight excluding hydrogens is 290 g/mol. The molecule has 0 radical (unpaired) electrons. The van der Waals surface area contributed by atoms with Crippen molar-refractivity contribution in [1.29, 1.82) is 0 Å². The van der Waals surface area contributed by atoms with Crippen LogP contribution < -0.4 is 0 Å². The molecule has 2 aromatic heterocycles. The van der Waals surface area contributed by atoms with Gasteiger partial charge in [-0.25, -0.2) is 9.97 Å². The Morgan fingerprint density at radius 1 is 1.09 bits per heavy atom. The fraction of sp³-hybridized carbons (Fsp3) is 0.333. The van der Waals surface area contributed by atoms with Crippen LogP contribution in [0.1, 0.15) is 42.4 Å². The number of rotatable bonds is 4. The zero-order valence-electron chi connectivity index (χ0n) is 13.5. The first-order valence-corrected chi connectivity index (χ1v) is 8.56. The standard InChI is InChI=1S/C18H21N3S/c1-12(2)15-5-7-17(8-6-15)22-11-16-10-21-14(4)9-13(3)19-18(21)20-16/h5-10,12H,11H2,1-4H3. The number of imidazole rings is 1. The van der Waals surface area contributed by atoms with Crippen molar-refractivity contribution in [3.05, 3.63) is 59.2 Å². The second kappa shape index (κ2) is 6.13. The van der Waals surface area contributed by atoms with Crippen LogP contribution in [0.2, 0.25) is 0 Å². The highest BCUT2D eigenvalue weighted by molar-refractivity contribution is 7.98. The van der Waals surface area contributed by atoms with Crippen LogP contribution in [0.15, 0.2) is 41.4 Å². The Hall–Kier alpha value is -1.81. The van der Waals surface area contributed by atoms with Crippen LogP contribution in [0.4, 0.5) is 0 Å². The van der Waals surface area contributed by atoms with Gasteiger partial charge in [-0.05, 0) is 43.5 Å². The molecule has 0 aliphatic carbocycles. The van der Waals surface area contributed by atoms with Crippen molar-refractivity contribution in [3.8, 4) is 0 Å². The molecule has 114 valence electrons. The van der Waals surface area contributed by atoms with Gasteiger partial charge in [0.15, 0.2) is 0 Å². The van der Waals surface area contributed by atoms with Gasteiger partial charge in [-0.3, -0.25) is 4.40 Å². The molecule has 0 N–H and O–H groups in total. The van der Waals surface area contributed by atoms with Crippen molar-refractivity contribution in [2.24, 2.45) is 0 Å². The first kappa shape index (κ1) is 15.1. The lowest BCUT2D eigenvalue weighted by molar-refractivity contribution is 0.865. The van der Waals surface area contributed by atoms with Gasteiger partial charge in [-0.2, -0.15) is 0 Å². The van der Waals surface area contributed by atoms with Crippen molar-refractivity contribution in [2.75, 3.05) is 0 Å². The van der Waals surface area contributed by atoms with Gasteiger partial charge in [-0.15, -0.1) is 11.8 Å². The number of aryl methyl sites for hydroxylation is 2. The fourth-order valence-electron chi connectivity index (χ4n) is 2.49. The molecule has 1 aromatic carbocycles. The molecule has 3 aromatic rings. The molecule has 0 aliphatic heterocycles. The molecular formula is C18H21N3S. The number of hydrogen-bond donors (Lipinski definition) is 0. The molecule has 0 unspecified atom stereocenters. The van der Waals surface area contributed by atoms with Crippen LogP contribution in [0, 0.1) is 13.8 Å². The summed E-state index contributed by atoms with van der Waals surface area (Å²) in [5.74, 6) is 2.24. The van der Waals surface area contributed by atoms with Crippen LogP contribution in [0.25, 0.3) is 5.78 Å². The summed E-state index contributed by atoms with van der Waals surface area (Å²) in [5.41, 5.74) is 4.64. The average Bonchev–Trinajstić information content (AvgIpc) is 2.89. The second-order valence-electron chi connectivity index (χ2n) is 5.95. The molecule has 0 saturated carbocycles. The lowest BCUT2D eigenvalue weighted by Crippen LogP contribution is -1.94. The zero-order chi connectivity index (χ0) is 15.7. The van der Waals surface area contributed by atoms with Gasteiger partial charge in [-0.1, -0.05) is 26.0 Å². The van der Waals surface area contributed by atoms with Gasteiger partial charge in [0.2, 0.25) is 5.78 Å². The number of nitrogens with zero attached hydrogens (tertiary/aromatic N) is 3. The number of aromatic nitrogens is 3. The SMILES string of the molecule is Cc1cc(C)n2cc(CSc3ccc(C(C)C)cc3)nc2n1. The Labute approximate surface area is 135 Å².